The second kappa shape index (κ2) is 6.74. The van der Waals surface area contributed by atoms with E-state index in [1.165, 1.54) is 12.1 Å². The molecule has 124 valence electrons. The van der Waals surface area contributed by atoms with Gasteiger partial charge in [-0.15, -0.1) is 0 Å². The van der Waals surface area contributed by atoms with Crippen molar-refractivity contribution in [3.8, 4) is 5.75 Å². The second-order valence-electron chi connectivity index (χ2n) is 5.89. The fraction of sp³-hybridized carbons (Fsp3) is 0.500. The lowest BCUT2D eigenvalue weighted by atomic mass is 10.2. The molecule has 2 amide bonds. The van der Waals surface area contributed by atoms with E-state index in [-0.39, 0.29) is 35.2 Å². The number of hydrogen-bond acceptors (Lipinski definition) is 3. The Morgan fingerprint density at radius 1 is 1.35 bits per heavy atom. The van der Waals surface area contributed by atoms with Crippen LogP contribution in [0.3, 0.4) is 0 Å². The van der Waals surface area contributed by atoms with Gasteiger partial charge >= 0.3 is 0 Å². The van der Waals surface area contributed by atoms with Crippen LogP contribution >= 0.6 is 11.6 Å². The van der Waals surface area contributed by atoms with Crippen molar-refractivity contribution in [3.05, 3.63) is 29.0 Å². The molecule has 1 saturated heterocycles. The molecule has 7 heteroatoms. The largest absolute Gasteiger partial charge is 0.482 e. The molecule has 1 saturated carbocycles. The van der Waals surface area contributed by atoms with Gasteiger partial charge < -0.3 is 15.0 Å². The molecule has 0 radical (unpaired) electrons. The maximum Gasteiger partial charge on any atom is 0.261 e. The van der Waals surface area contributed by atoms with Gasteiger partial charge in [-0.3, -0.25) is 9.59 Å². The van der Waals surface area contributed by atoms with E-state index in [2.05, 4.69) is 5.32 Å². The summed E-state index contributed by atoms with van der Waals surface area (Å²) in [5.41, 5.74) is 0. The Morgan fingerprint density at radius 3 is 2.83 bits per heavy atom. The molecule has 0 unspecified atom stereocenters. The molecule has 0 spiro atoms. The Hall–Kier alpha value is -1.82. The summed E-state index contributed by atoms with van der Waals surface area (Å²) in [6.45, 7) is 0.320. The van der Waals surface area contributed by atoms with Crippen LogP contribution in [-0.4, -0.2) is 41.9 Å². The highest BCUT2D eigenvalue weighted by Crippen LogP contribution is 2.26. The van der Waals surface area contributed by atoms with Gasteiger partial charge in [0.25, 0.3) is 5.91 Å². The third-order valence-corrected chi connectivity index (χ3v) is 4.34. The van der Waals surface area contributed by atoms with Crippen molar-refractivity contribution in [2.24, 2.45) is 0 Å². The fourth-order valence-electron chi connectivity index (χ4n) is 2.68. The molecule has 2 fully saturated rings. The SMILES string of the molecule is O=C(NC1CC1)[C@@H]1CCCN1C(=O)COc1ccc(F)cc1Cl. The van der Waals surface area contributed by atoms with Crippen LogP contribution in [-0.2, 0) is 9.59 Å². The number of benzene rings is 1. The van der Waals surface area contributed by atoms with E-state index in [0.717, 1.165) is 25.3 Å². The normalized spacial score (nSPS) is 20.4. The van der Waals surface area contributed by atoms with Crippen molar-refractivity contribution in [3.63, 3.8) is 0 Å². The van der Waals surface area contributed by atoms with Gasteiger partial charge in [0.2, 0.25) is 5.91 Å². The highest BCUT2D eigenvalue weighted by Gasteiger charge is 2.36. The third kappa shape index (κ3) is 3.93. The maximum atomic E-state index is 13.0. The molecule has 3 rings (SSSR count). The number of ether oxygens (including phenoxy) is 1. The lowest BCUT2D eigenvalue weighted by Crippen LogP contribution is -2.47. The molecule has 1 aromatic carbocycles. The summed E-state index contributed by atoms with van der Waals surface area (Å²) in [4.78, 5) is 26.0. The van der Waals surface area contributed by atoms with Crippen LogP contribution in [0.15, 0.2) is 18.2 Å². The number of rotatable bonds is 5. The molecule has 0 aromatic heterocycles. The van der Waals surface area contributed by atoms with E-state index in [9.17, 15) is 14.0 Å². The number of carbonyl (C=O) groups is 2. The summed E-state index contributed by atoms with van der Waals surface area (Å²) in [6, 6.07) is 3.58. The predicted molar refractivity (Wildman–Crippen MR) is 82.8 cm³/mol. The highest BCUT2D eigenvalue weighted by atomic mass is 35.5. The number of likely N-dealkylation sites (tertiary alicyclic amines) is 1. The Labute approximate surface area is 138 Å². The Kier molecular flexibility index (Phi) is 4.71. The first kappa shape index (κ1) is 16.1. The summed E-state index contributed by atoms with van der Waals surface area (Å²) >= 11 is 5.86. The van der Waals surface area contributed by atoms with Crippen LogP contribution < -0.4 is 10.1 Å². The van der Waals surface area contributed by atoms with Gasteiger partial charge in [-0.1, -0.05) is 11.6 Å². The first-order valence-electron chi connectivity index (χ1n) is 7.72. The smallest absolute Gasteiger partial charge is 0.261 e. The van der Waals surface area contributed by atoms with Gasteiger partial charge in [0.05, 0.1) is 5.02 Å². The molecule has 2 aliphatic rings. The topological polar surface area (TPSA) is 58.6 Å². The van der Waals surface area contributed by atoms with Crippen molar-refractivity contribution in [1.29, 1.82) is 0 Å². The second-order valence-corrected chi connectivity index (χ2v) is 6.30. The lowest BCUT2D eigenvalue weighted by Gasteiger charge is -2.24. The molecule has 0 bridgehead atoms. The molecular weight excluding hydrogens is 323 g/mol. The minimum absolute atomic E-state index is 0.0850. The van der Waals surface area contributed by atoms with Crippen molar-refractivity contribution in [2.45, 2.75) is 37.8 Å². The summed E-state index contributed by atoms with van der Waals surface area (Å²) < 4.78 is 18.3. The minimum Gasteiger partial charge on any atom is -0.482 e. The van der Waals surface area contributed by atoms with Crippen LogP contribution in [0, 0.1) is 5.82 Å². The van der Waals surface area contributed by atoms with Crippen LogP contribution in [0.1, 0.15) is 25.7 Å². The maximum absolute atomic E-state index is 13.0. The van der Waals surface area contributed by atoms with Crippen molar-refractivity contribution in [2.75, 3.05) is 13.2 Å². The summed E-state index contributed by atoms with van der Waals surface area (Å²) in [5.74, 6) is -0.568. The molecule has 23 heavy (non-hydrogen) atoms. The minimum atomic E-state index is -0.468. The average Bonchev–Trinajstić information content (AvgIpc) is 3.17. The monoisotopic (exact) mass is 340 g/mol. The molecular formula is C16H18ClFN2O3. The van der Waals surface area contributed by atoms with Crippen molar-refractivity contribution >= 4 is 23.4 Å². The highest BCUT2D eigenvalue weighted by molar-refractivity contribution is 6.32. The quantitative estimate of drug-likeness (QED) is 0.893. The zero-order chi connectivity index (χ0) is 16.4. The van der Waals surface area contributed by atoms with Gasteiger partial charge in [-0.05, 0) is 43.9 Å². The zero-order valence-electron chi connectivity index (χ0n) is 12.6. The molecule has 1 aliphatic carbocycles. The number of hydrogen-bond donors (Lipinski definition) is 1. The number of halogens is 2. The standard InChI is InChI=1S/C16H18ClFN2O3/c17-12-8-10(18)3-6-14(12)23-9-15(21)20-7-1-2-13(20)16(22)19-11-4-5-11/h3,6,8,11,13H,1-2,4-5,7,9H2,(H,19,22)/t13-/m0/s1. The number of nitrogens with one attached hydrogen (secondary N) is 1. The summed E-state index contributed by atoms with van der Waals surface area (Å²) in [7, 11) is 0. The Morgan fingerprint density at radius 2 is 2.13 bits per heavy atom. The van der Waals surface area contributed by atoms with Crippen LogP contribution in [0.25, 0.3) is 0 Å². The Bertz CT molecular complexity index is 621. The summed E-state index contributed by atoms with van der Waals surface area (Å²) in [6.07, 6.45) is 3.49. The molecule has 1 N–H and O–H groups in total. The molecule has 5 nitrogen and oxygen atoms in total. The third-order valence-electron chi connectivity index (χ3n) is 4.04. The first-order chi connectivity index (χ1) is 11.0. The van der Waals surface area contributed by atoms with E-state index in [4.69, 9.17) is 16.3 Å². The fourth-order valence-corrected chi connectivity index (χ4v) is 2.90. The van der Waals surface area contributed by atoms with E-state index in [1.54, 1.807) is 4.90 Å². The number of carbonyl (C=O) groups excluding carboxylic acids is 2. The number of amides is 2. The van der Waals surface area contributed by atoms with Gasteiger partial charge in [-0.25, -0.2) is 4.39 Å². The van der Waals surface area contributed by atoms with Gasteiger partial charge in [-0.2, -0.15) is 0 Å². The average molecular weight is 341 g/mol. The van der Waals surface area contributed by atoms with Crippen molar-refractivity contribution < 1.29 is 18.7 Å². The summed E-state index contributed by atoms with van der Waals surface area (Å²) in [5, 5.41) is 3.05. The Balaban J connectivity index is 1.57. The molecule has 1 aromatic rings. The van der Waals surface area contributed by atoms with Gasteiger partial charge in [0.15, 0.2) is 6.61 Å². The van der Waals surface area contributed by atoms with E-state index >= 15 is 0 Å². The molecule has 1 heterocycles. The lowest BCUT2D eigenvalue weighted by molar-refractivity contribution is -0.140. The van der Waals surface area contributed by atoms with E-state index in [0.29, 0.717) is 13.0 Å². The van der Waals surface area contributed by atoms with Crippen LogP contribution in [0.2, 0.25) is 5.02 Å². The van der Waals surface area contributed by atoms with Gasteiger partial charge in [0, 0.05) is 12.6 Å². The molecule has 1 atom stereocenters. The number of nitrogens with zero attached hydrogens (tertiary/aromatic N) is 1. The van der Waals surface area contributed by atoms with E-state index in [1.807, 2.05) is 0 Å². The zero-order valence-corrected chi connectivity index (χ0v) is 13.3. The molecule has 1 aliphatic heterocycles. The van der Waals surface area contributed by atoms with Gasteiger partial charge in [0.1, 0.15) is 17.6 Å². The van der Waals surface area contributed by atoms with Crippen LogP contribution in [0.5, 0.6) is 5.75 Å². The first-order valence-corrected chi connectivity index (χ1v) is 8.10. The van der Waals surface area contributed by atoms with Crippen LogP contribution in [0.4, 0.5) is 4.39 Å². The predicted octanol–water partition coefficient (Wildman–Crippen LogP) is 2.13. The van der Waals surface area contributed by atoms with E-state index < -0.39 is 11.9 Å². The van der Waals surface area contributed by atoms with Crippen molar-refractivity contribution in [1.82, 2.24) is 10.2 Å².